The summed E-state index contributed by atoms with van der Waals surface area (Å²) in [5.74, 6) is -0.508. The molecule has 3 rings (SSSR count). The van der Waals surface area contributed by atoms with Crippen LogP contribution in [0.2, 0.25) is 0 Å². The Kier molecular flexibility index (Phi) is 7.15. The maximum absolute atomic E-state index is 13.0. The second-order valence-electron chi connectivity index (χ2n) is 7.99. The Morgan fingerprint density at radius 1 is 1.13 bits per heavy atom. The van der Waals surface area contributed by atoms with Crippen molar-refractivity contribution in [3.63, 3.8) is 0 Å². The number of likely N-dealkylation sites (tertiary alicyclic amines) is 1. The Bertz CT molecular complexity index is 833. The molecule has 2 aromatic carbocycles. The molecule has 162 valence electrons. The van der Waals surface area contributed by atoms with Gasteiger partial charge in [-0.2, -0.15) is 13.2 Å². The zero-order valence-electron chi connectivity index (χ0n) is 17.3. The Labute approximate surface area is 175 Å². The summed E-state index contributed by atoms with van der Waals surface area (Å²) in [6, 6.07) is 14.2. The molecule has 1 fully saturated rings. The van der Waals surface area contributed by atoms with E-state index in [4.69, 9.17) is 0 Å². The second-order valence-corrected chi connectivity index (χ2v) is 7.99. The van der Waals surface area contributed by atoms with E-state index in [1.165, 1.54) is 12.1 Å². The summed E-state index contributed by atoms with van der Waals surface area (Å²) >= 11 is 0. The highest BCUT2D eigenvalue weighted by atomic mass is 19.4. The van der Waals surface area contributed by atoms with E-state index in [1.807, 2.05) is 37.4 Å². The monoisotopic (exact) mass is 419 g/mol. The van der Waals surface area contributed by atoms with Gasteiger partial charge in [0.25, 0.3) is 5.91 Å². The molecule has 4 nitrogen and oxygen atoms in total. The van der Waals surface area contributed by atoms with Crippen LogP contribution < -0.4 is 5.32 Å². The van der Waals surface area contributed by atoms with Gasteiger partial charge in [0, 0.05) is 18.2 Å². The summed E-state index contributed by atoms with van der Waals surface area (Å²) in [4.78, 5) is 17.4. The van der Waals surface area contributed by atoms with Gasteiger partial charge in [-0.25, -0.2) is 0 Å². The number of piperidine rings is 1. The first-order valence-electron chi connectivity index (χ1n) is 10.2. The van der Waals surface area contributed by atoms with Gasteiger partial charge in [-0.05, 0) is 63.8 Å². The maximum atomic E-state index is 13.0. The van der Waals surface area contributed by atoms with Crippen molar-refractivity contribution in [2.45, 2.75) is 31.1 Å². The number of rotatable bonds is 6. The topological polar surface area (TPSA) is 35.6 Å². The average molecular weight is 419 g/mol. The quantitative estimate of drug-likeness (QED) is 0.762. The number of carbonyl (C=O) groups excluding carboxylic acids is 1. The molecule has 0 aromatic heterocycles. The highest BCUT2D eigenvalue weighted by Crippen LogP contribution is 2.29. The number of hydrogen-bond acceptors (Lipinski definition) is 3. The number of alkyl halides is 3. The fourth-order valence-electron chi connectivity index (χ4n) is 3.87. The van der Waals surface area contributed by atoms with Crippen molar-refractivity contribution in [3.8, 4) is 0 Å². The van der Waals surface area contributed by atoms with E-state index in [9.17, 15) is 18.0 Å². The van der Waals surface area contributed by atoms with E-state index in [0.29, 0.717) is 12.6 Å². The molecule has 1 aliphatic heterocycles. The molecule has 1 aliphatic rings. The number of likely N-dealkylation sites (N-methyl/N-ethyl adjacent to an activating group) is 1. The number of benzene rings is 2. The molecule has 30 heavy (non-hydrogen) atoms. The predicted molar refractivity (Wildman–Crippen MR) is 111 cm³/mol. The summed E-state index contributed by atoms with van der Waals surface area (Å²) in [5, 5.41) is 2.95. The van der Waals surface area contributed by atoms with Gasteiger partial charge in [-0.1, -0.05) is 36.4 Å². The van der Waals surface area contributed by atoms with E-state index < -0.39 is 17.6 Å². The molecule has 0 spiro atoms. The van der Waals surface area contributed by atoms with Crippen molar-refractivity contribution < 1.29 is 18.0 Å². The van der Waals surface area contributed by atoms with Gasteiger partial charge in [0.2, 0.25) is 0 Å². The Morgan fingerprint density at radius 3 is 2.43 bits per heavy atom. The molecule has 1 atom stereocenters. The lowest BCUT2D eigenvalue weighted by atomic mass is 10.0. The summed E-state index contributed by atoms with van der Waals surface area (Å²) in [5.41, 5.74) is 0.111. The van der Waals surface area contributed by atoms with Crippen LogP contribution in [0.4, 0.5) is 13.2 Å². The van der Waals surface area contributed by atoms with Crippen LogP contribution in [0.25, 0.3) is 0 Å². The highest BCUT2D eigenvalue weighted by molar-refractivity contribution is 5.94. The highest BCUT2D eigenvalue weighted by Gasteiger charge is 2.31. The number of halogens is 3. The molecule has 0 bridgehead atoms. The number of hydrogen-bond donors (Lipinski definition) is 1. The number of carbonyl (C=O) groups is 1. The first-order valence-corrected chi connectivity index (χ1v) is 10.2. The van der Waals surface area contributed by atoms with Crippen LogP contribution in [0, 0.1) is 0 Å². The van der Waals surface area contributed by atoms with Crippen LogP contribution in [0.1, 0.15) is 40.4 Å². The third-order valence-electron chi connectivity index (χ3n) is 5.74. The third kappa shape index (κ3) is 5.83. The lowest BCUT2D eigenvalue weighted by molar-refractivity contribution is -0.137. The van der Waals surface area contributed by atoms with Crippen molar-refractivity contribution in [1.82, 2.24) is 15.1 Å². The molecule has 0 saturated carbocycles. The first kappa shape index (κ1) is 22.3. The van der Waals surface area contributed by atoms with Crippen LogP contribution in [0.15, 0.2) is 54.6 Å². The van der Waals surface area contributed by atoms with Crippen molar-refractivity contribution in [1.29, 1.82) is 0 Å². The molecule has 1 heterocycles. The number of amides is 1. The van der Waals surface area contributed by atoms with E-state index >= 15 is 0 Å². The van der Waals surface area contributed by atoms with E-state index in [0.717, 1.165) is 43.6 Å². The Balaban J connectivity index is 1.75. The third-order valence-corrected chi connectivity index (χ3v) is 5.74. The van der Waals surface area contributed by atoms with Gasteiger partial charge < -0.3 is 15.1 Å². The predicted octanol–water partition coefficient (Wildman–Crippen LogP) is 4.20. The van der Waals surface area contributed by atoms with Crippen LogP contribution >= 0.6 is 0 Å². The van der Waals surface area contributed by atoms with Crippen LogP contribution in [-0.2, 0) is 6.18 Å². The largest absolute Gasteiger partial charge is 0.416 e. The molecule has 1 amide bonds. The fraction of sp³-hybridized carbons (Fsp3) is 0.435. The van der Waals surface area contributed by atoms with Gasteiger partial charge in [0.05, 0.1) is 11.6 Å². The van der Waals surface area contributed by atoms with E-state index in [-0.39, 0.29) is 11.6 Å². The van der Waals surface area contributed by atoms with E-state index in [1.54, 1.807) is 0 Å². The molecule has 0 unspecified atom stereocenters. The smallest absolute Gasteiger partial charge is 0.344 e. The van der Waals surface area contributed by atoms with Crippen LogP contribution in [0.5, 0.6) is 0 Å². The van der Waals surface area contributed by atoms with Gasteiger partial charge in [-0.3, -0.25) is 4.79 Å². The molecule has 2 aromatic rings. The van der Waals surface area contributed by atoms with Gasteiger partial charge >= 0.3 is 6.18 Å². The molecule has 7 heteroatoms. The number of nitrogens with zero attached hydrogens (tertiary/aromatic N) is 2. The van der Waals surface area contributed by atoms with E-state index in [2.05, 4.69) is 22.2 Å². The minimum absolute atomic E-state index is 0.00713. The van der Waals surface area contributed by atoms with Crippen molar-refractivity contribution >= 4 is 5.91 Å². The van der Waals surface area contributed by atoms with Crippen molar-refractivity contribution in [2.75, 3.05) is 33.7 Å². The fourth-order valence-corrected chi connectivity index (χ4v) is 3.87. The standard InChI is InChI=1S/C23H28F3N3O/c1-28-13-11-20(12-14-28)29(2)16-21(17-7-4-3-5-8-17)27-22(30)18-9-6-10-19(15-18)23(24,25)26/h3-10,15,20-21H,11-14,16H2,1-2H3,(H,27,30)/t21-/m1/s1. The minimum atomic E-state index is -4.48. The second kappa shape index (κ2) is 9.62. The van der Waals surface area contributed by atoms with Gasteiger partial charge in [0.1, 0.15) is 0 Å². The van der Waals surface area contributed by atoms with Crippen LogP contribution in [0.3, 0.4) is 0 Å². The Hall–Kier alpha value is -2.38. The van der Waals surface area contributed by atoms with Gasteiger partial charge in [-0.15, -0.1) is 0 Å². The molecule has 1 N–H and O–H groups in total. The molecular weight excluding hydrogens is 391 g/mol. The average Bonchev–Trinajstić information content (AvgIpc) is 2.73. The summed E-state index contributed by atoms with van der Waals surface area (Å²) in [6.07, 6.45) is -2.38. The minimum Gasteiger partial charge on any atom is -0.344 e. The molecule has 0 radical (unpaired) electrons. The van der Waals surface area contributed by atoms with Crippen molar-refractivity contribution in [2.24, 2.45) is 0 Å². The van der Waals surface area contributed by atoms with Gasteiger partial charge in [0.15, 0.2) is 0 Å². The first-order chi connectivity index (χ1) is 14.2. The molecular formula is C23H28F3N3O. The lowest BCUT2D eigenvalue weighted by Gasteiger charge is -2.37. The van der Waals surface area contributed by atoms with Crippen molar-refractivity contribution in [3.05, 3.63) is 71.3 Å². The summed E-state index contributed by atoms with van der Waals surface area (Å²) < 4.78 is 39.1. The summed E-state index contributed by atoms with van der Waals surface area (Å²) in [6.45, 7) is 2.65. The molecule has 1 saturated heterocycles. The SMILES string of the molecule is CN1CCC(N(C)C[C@@H](NC(=O)c2cccc(C(F)(F)F)c2)c2ccccc2)CC1. The lowest BCUT2D eigenvalue weighted by Crippen LogP contribution is -2.45. The van der Waals surface area contributed by atoms with Crippen LogP contribution in [-0.4, -0.2) is 55.5 Å². The normalized spacial score (nSPS) is 17.1. The Morgan fingerprint density at radius 2 is 1.80 bits per heavy atom. The summed E-state index contributed by atoms with van der Waals surface area (Å²) in [7, 11) is 4.15. The maximum Gasteiger partial charge on any atom is 0.416 e. The molecule has 0 aliphatic carbocycles. The number of nitrogens with one attached hydrogen (secondary N) is 1. The zero-order chi connectivity index (χ0) is 21.7. The zero-order valence-corrected chi connectivity index (χ0v) is 17.3.